The molecule has 0 unspecified atom stereocenters. The Bertz CT molecular complexity index is 1040. The van der Waals surface area contributed by atoms with Crippen molar-refractivity contribution in [2.45, 2.75) is 44.6 Å². The number of pyridine rings is 2. The third-order valence-electron chi connectivity index (χ3n) is 7.60. The monoisotopic (exact) mass is 400 g/mol. The fraction of sp³-hybridized carbons (Fsp3) is 0.500. The number of hydrogen-bond acceptors (Lipinski definition) is 6. The average Bonchev–Trinajstić information content (AvgIpc) is 3.15. The lowest BCUT2D eigenvalue weighted by atomic mass is 9.77. The lowest BCUT2D eigenvalue weighted by molar-refractivity contribution is 0.127. The highest BCUT2D eigenvalue weighted by Gasteiger charge is 2.43. The summed E-state index contributed by atoms with van der Waals surface area (Å²) in [6, 6.07) is 6.88. The Hall–Kier alpha value is -2.60. The average molecular weight is 401 g/mol. The number of hydrogen-bond donors (Lipinski definition) is 0. The predicted molar refractivity (Wildman–Crippen MR) is 118 cm³/mol. The van der Waals surface area contributed by atoms with E-state index >= 15 is 0 Å². The Balaban J connectivity index is 1.27. The van der Waals surface area contributed by atoms with Gasteiger partial charge in [-0.1, -0.05) is 6.42 Å². The minimum atomic E-state index is 0.518. The minimum absolute atomic E-state index is 0.518. The summed E-state index contributed by atoms with van der Waals surface area (Å²) in [6.45, 7) is 4.76. The fourth-order valence-electron chi connectivity index (χ4n) is 5.47. The lowest BCUT2D eigenvalue weighted by Crippen LogP contribution is -2.44. The van der Waals surface area contributed by atoms with Gasteiger partial charge in [0, 0.05) is 55.2 Å². The smallest absolute Gasteiger partial charge is 0.162 e. The molecule has 2 saturated heterocycles. The van der Waals surface area contributed by atoms with Gasteiger partial charge >= 0.3 is 0 Å². The van der Waals surface area contributed by atoms with Crippen molar-refractivity contribution in [3.05, 3.63) is 43.0 Å². The van der Waals surface area contributed by atoms with Gasteiger partial charge < -0.3 is 4.90 Å². The highest BCUT2D eigenvalue weighted by atomic mass is 15.2. The summed E-state index contributed by atoms with van der Waals surface area (Å²) in [6.07, 6.45) is 15.4. The van der Waals surface area contributed by atoms with Gasteiger partial charge in [0.15, 0.2) is 5.82 Å². The molecule has 5 heterocycles. The van der Waals surface area contributed by atoms with Crippen LogP contribution in [0.5, 0.6) is 0 Å². The second-order valence-corrected chi connectivity index (χ2v) is 9.29. The van der Waals surface area contributed by atoms with Gasteiger partial charge in [0.05, 0.1) is 11.7 Å². The highest BCUT2D eigenvalue weighted by molar-refractivity contribution is 5.90. The second-order valence-electron chi connectivity index (χ2n) is 9.29. The molecule has 154 valence electrons. The summed E-state index contributed by atoms with van der Waals surface area (Å²) < 4.78 is 0. The molecule has 1 aliphatic carbocycles. The molecule has 3 aliphatic rings. The summed E-state index contributed by atoms with van der Waals surface area (Å²) in [5.41, 5.74) is 2.42. The Kier molecular flexibility index (Phi) is 4.41. The summed E-state index contributed by atoms with van der Waals surface area (Å²) in [5.74, 6) is 1.81. The summed E-state index contributed by atoms with van der Waals surface area (Å²) in [7, 11) is 0. The normalized spacial score (nSPS) is 21.9. The molecular formula is C24H28N6. The van der Waals surface area contributed by atoms with Crippen LogP contribution in [0.3, 0.4) is 0 Å². The van der Waals surface area contributed by atoms with Crippen LogP contribution in [-0.2, 0) is 0 Å². The van der Waals surface area contributed by atoms with E-state index in [1.165, 1.54) is 51.6 Å². The molecule has 0 amide bonds. The van der Waals surface area contributed by atoms with Crippen molar-refractivity contribution in [2.75, 3.05) is 31.1 Å². The molecule has 0 bridgehead atoms. The maximum atomic E-state index is 5.02. The zero-order chi connectivity index (χ0) is 20.0. The van der Waals surface area contributed by atoms with Crippen LogP contribution in [0.4, 0.5) is 5.82 Å². The predicted octanol–water partition coefficient (Wildman–Crippen LogP) is 3.93. The van der Waals surface area contributed by atoms with Crippen molar-refractivity contribution in [3.63, 3.8) is 0 Å². The van der Waals surface area contributed by atoms with Crippen LogP contribution in [0.25, 0.3) is 22.3 Å². The number of aromatic nitrogens is 4. The molecule has 1 spiro atoms. The minimum Gasteiger partial charge on any atom is -0.356 e. The maximum Gasteiger partial charge on any atom is 0.162 e. The topological polar surface area (TPSA) is 58.0 Å². The molecule has 3 fully saturated rings. The molecule has 3 aromatic rings. The largest absolute Gasteiger partial charge is 0.356 e. The number of likely N-dealkylation sites (tertiary alicyclic amines) is 1. The zero-order valence-electron chi connectivity index (χ0n) is 17.4. The van der Waals surface area contributed by atoms with E-state index in [0.717, 1.165) is 47.2 Å². The molecule has 0 N–H and O–H groups in total. The molecule has 6 heteroatoms. The van der Waals surface area contributed by atoms with Crippen LogP contribution in [0.1, 0.15) is 38.5 Å². The summed E-state index contributed by atoms with van der Waals surface area (Å²) in [5, 5.41) is 1.10. The van der Waals surface area contributed by atoms with Crippen LogP contribution in [0.15, 0.2) is 43.0 Å². The van der Waals surface area contributed by atoms with E-state index in [2.05, 4.69) is 25.8 Å². The molecule has 3 aromatic heterocycles. The quantitative estimate of drug-likeness (QED) is 0.664. The number of anilines is 1. The standard InChI is InChI=1S/C24H28N6/c1-2-19(3-1)30-15-9-24(17-30)7-13-29(14-8-24)23-20-6-12-26-16-21(20)27-22(28-23)18-4-10-25-11-5-18/h4-6,10-12,16,19H,1-3,7-9,13-15,17H2. The van der Waals surface area contributed by atoms with Gasteiger partial charge in [-0.2, -0.15) is 0 Å². The maximum absolute atomic E-state index is 5.02. The van der Waals surface area contributed by atoms with Gasteiger partial charge in [0.25, 0.3) is 0 Å². The van der Waals surface area contributed by atoms with Gasteiger partial charge in [-0.15, -0.1) is 0 Å². The third-order valence-corrected chi connectivity index (χ3v) is 7.60. The molecule has 0 atom stereocenters. The van der Waals surface area contributed by atoms with Crippen molar-refractivity contribution < 1.29 is 0 Å². The molecule has 30 heavy (non-hydrogen) atoms. The molecule has 0 aromatic carbocycles. The summed E-state index contributed by atoms with van der Waals surface area (Å²) in [4.78, 5) is 23.5. The van der Waals surface area contributed by atoms with Crippen molar-refractivity contribution in [3.8, 4) is 11.4 Å². The second kappa shape index (κ2) is 7.27. The van der Waals surface area contributed by atoms with Gasteiger partial charge in [-0.05, 0) is 62.3 Å². The van der Waals surface area contributed by atoms with Gasteiger partial charge in [-0.3, -0.25) is 14.9 Å². The van der Waals surface area contributed by atoms with E-state index < -0.39 is 0 Å². The van der Waals surface area contributed by atoms with Crippen molar-refractivity contribution >= 4 is 16.7 Å². The molecule has 6 nitrogen and oxygen atoms in total. The van der Waals surface area contributed by atoms with E-state index in [4.69, 9.17) is 9.97 Å². The van der Waals surface area contributed by atoms with Crippen molar-refractivity contribution in [1.82, 2.24) is 24.8 Å². The number of rotatable bonds is 3. The number of piperidine rings is 1. The Morgan fingerprint density at radius 2 is 1.63 bits per heavy atom. The lowest BCUT2D eigenvalue weighted by Gasteiger charge is -2.42. The molecular weight excluding hydrogens is 372 g/mol. The first-order chi connectivity index (χ1) is 14.8. The Morgan fingerprint density at radius 1 is 0.867 bits per heavy atom. The molecule has 2 aliphatic heterocycles. The third kappa shape index (κ3) is 3.14. The van der Waals surface area contributed by atoms with Gasteiger partial charge in [0.1, 0.15) is 5.82 Å². The highest BCUT2D eigenvalue weighted by Crippen LogP contribution is 2.44. The van der Waals surface area contributed by atoms with E-state index in [0.29, 0.717) is 5.41 Å². The van der Waals surface area contributed by atoms with Crippen molar-refractivity contribution in [2.24, 2.45) is 5.41 Å². The molecule has 0 radical (unpaired) electrons. The van der Waals surface area contributed by atoms with Crippen LogP contribution in [0, 0.1) is 5.41 Å². The number of fused-ring (bicyclic) bond motifs is 1. The van der Waals surface area contributed by atoms with Crippen LogP contribution in [0.2, 0.25) is 0 Å². The summed E-state index contributed by atoms with van der Waals surface area (Å²) >= 11 is 0. The Labute approximate surface area is 177 Å². The molecule has 1 saturated carbocycles. The fourth-order valence-corrected chi connectivity index (χ4v) is 5.47. The number of nitrogens with zero attached hydrogens (tertiary/aromatic N) is 6. The van der Waals surface area contributed by atoms with E-state index in [1.54, 1.807) is 12.4 Å². The first-order valence-corrected chi connectivity index (χ1v) is 11.3. The van der Waals surface area contributed by atoms with Gasteiger partial charge in [-0.25, -0.2) is 9.97 Å². The van der Waals surface area contributed by atoms with Crippen molar-refractivity contribution in [1.29, 1.82) is 0 Å². The SMILES string of the molecule is c1cc(-c2nc(N3CCC4(CC3)CCN(C3CCC3)C4)c3ccncc3n2)ccn1. The van der Waals surface area contributed by atoms with E-state index in [-0.39, 0.29) is 0 Å². The van der Waals surface area contributed by atoms with E-state index in [1.807, 2.05) is 24.5 Å². The first kappa shape index (κ1) is 18.2. The van der Waals surface area contributed by atoms with Crippen LogP contribution in [-0.4, -0.2) is 57.1 Å². The van der Waals surface area contributed by atoms with Gasteiger partial charge in [0.2, 0.25) is 0 Å². The zero-order valence-corrected chi connectivity index (χ0v) is 17.4. The first-order valence-electron chi connectivity index (χ1n) is 11.3. The van der Waals surface area contributed by atoms with Crippen LogP contribution < -0.4 is 4.90 Å². The molecule has 6 rings (SSSR count). The van der Waals surface area contributed by atoms with Crippen LogP contribution >= 0.6 is 0 Å². The van der Waals surface area contributed by atoms with E-state index in [9.17, 15) is 0 Å². The Morgan fingerprint density at radius 3 is 2.40 bits per heavy atom.